The first-order chi connectivity index (χ1) is 11.8. The maximum atomic E-state index is 12.9. The molecular formula is C19H30N2O4S. The van der Waals surface area contributed by atoms with Gasteiger partial charge in [0.2, 0.25) is 5.91 Å². The second-order valence-corrected chi connectivity index (χ2v) is 10.3. The summed E-state index contributed by atoms with van der Waals surface area (Å²) in [4.78, 5) is 28.4. The number of carbonyl (C=O) groups excluding carboxylic acids is 2. The van der Waals surface area contributed by atoms with Crippen LogP contribution in [0.4, 0.5) is 0 Å². The van der Waals surface area contributed by atoms with Gasteiger partial charge in [-0.25, -0.2) is 0 Å². The van der Waals surface area contributed by atoms with E-state index in [1.54, 1.807) is 6.07 Å². The fraction of sp³-hybridized carbons (Fsp3) is 0.684. The van der Waals surface area contributed by atoms with E-state index in [-0.39, 0.29) is 17.9 Å². The van der Waals surface area contributed by atoms with Crippen molar-refractivity contribution in [3.63, 3.8) is 0 Å². The molecule has 7 heteroatoms. The zero-order valence-corrected chi connectivity index (χ0v) is 17.2. The van der Waals surface area contributed by atoms with Crippen LogP contribution in [-0.4, -0.2) is 57.3 Å². The second-order valence-electron chi connectivity index (χ2n) is 8.98. The topological polar surface area (TPSA) is 89.9 Å². The number of thiophene rings is 1. The highest BCUT2D eigenvalue weighted by atomic mass is 32.1. The van der Waals surface area contributed by atoms with Crippen molar-refractivity contribution < 1.29 is 19.8 Å². The molecule has 2 amide bonds. The molecule has 2 heterocycles. The summed E-state index contributed by atoms with van der Waals surface area (Å²) in [7, 11) is 0. The third-order valence-electron chi connectivity index (χ3n) is 4.35. The molecule has 1 aliphatic rings. The van der Waals surface area contributed by atoms with Crippen LogP contribution in [0.1, 0.15) is 55.6 Å². The number of likely N-dealkylation sites (tertiary alicyclic amines) is 1. The molecule has 1 aromatic heterocycles. The summed E-state index contributed by atoms with van der Waals surface area (Å²) in [5.74, 6) is -0.780. The Labute approximate surface area is 159 Å². The second kappa shape index (κ2) is 7.29. The van der Waals surface area contributed by atoms with Crippen molar-refractivity contribution >= 4 is 23.2 Å². The predicted molar refractivity (Wildman–Crippen MR) is 102 cm³/mol. The molecule has 0 spiro atoms. The van der Waals surface area contributed by atoms with Gasteiger partial charge >= 0.3 is 0 Å². The van der Waals surface area contributed by atoms with Crippen LogP contribution in [0.5, 0.6) is 0 Å². The summed E-state index contributed by atoms with van der Waals surface area (Å²) in [5.41, 5.74) is -0.495. The smallest absolute Gasteiger partial charge is 0.264 e. The number of hydrogen-bond donors (Lipinski definition) is 3. The van der Waals surface area contributed by atoms with Crippen LogP contribution < -0.4 is 5.32 Å². The van der Waals surface area contributed by atoms with Gasteiger partial charge in [-0.05, 0) is 44.7 Å². The average Bonchev–Trinajstić information content (AvgIpc) is 2.99. The number of rotatable bonds is 4. The molecule has 3 N–H and O–H groups in total. The standard InChI is InChI=1S/C19H30N2O4S/c1-11-7-8-13(26-11)17(25)21-9-12(22)15(23)14(21)16(24)20-19(5,6)10-18(2,3)4/h7-8,12,14-15,22-23H,9-10H2,1-6H3,(H,20,24)/t12-,14?,15+/m0/s1. The van der Waals surface area contributed by atoms with Gasteiger partial charge in [0, 0.05) is 10.4 Å². The van der Waals surface area contributed by atoms with Crippen molar-refractivity contribution in [2.24, 2.45) is 5.41 Å². The zero-order chi connectivity index (χ0) is 19.9. The first-order valence-electron chi connectivity index (χ1n) is 8.86. The van der Waals surface area contributed by atoms with E-state index in [2.05, 4.69) is 26.1 Å². The largest absolute Gasteiger partial charge is 0.388 e. The Hall–Kier alpha value is -1.44. The lowest BCUT2D eigenvalue weighted by Gasteiger charge is -2.35. The van der Waals surface area contributed by atoms with Gasteiger partial charge in [-0.1, -0.05) is 20.8 Å². The highest BCUT2D eigenvalue weighted by Gasteiger charge is 2.47. The van der Waals surface area contributed by atoms with Gasteiger partial charge in [0.1, 0.15) is 18.2 Å². The summed E-state index contributed by atoms with van der Waals surface area (Å²) in [6, 6.07) is 2.44. The number of nitrogens with zero attached hydrogens (tertiary/aromatic N) is 1. The van der Waals surface area contributed by atoms with Gasteiger partial charge in [-0.2, -0.15) is 0 Å². The fourth-order valence-electron chi connectivity index (χ4n) is 3.79. The minimum Gasteiger partial charge on any atom is -0.388 e. The molecule has 3 atom stereocenters. The van der Waals surface area contributed by atoms with Gasteiger partial charge in [0.15, 0.2) is 0 Å². The molecule has 0 aliphatic carbocycles. The number of amides is 2. The fourth-order valence-corrected chi connectivity index (χ4v) is 4.62. The minimum absolute atomic E-state index is 0.00852. The summed E-state index contributed by atoms with van der Waals surface area (Å²) in [6.07, 6.45) is -1.71. The van der Waals surface area contributed by atoms with E-state index in [4.69, 9.17) is 0 Å². The van der Waals surface area contributed by atoms with Crippen molar-refractivity contribution in [2.45, 2.75) is 71.8 Å². The van der Waals surface area contributed by atoms with Crippen LogP contribution in [0.15, 0.2) is 12.1 Å². The van der Waals surface area contributed by atoms with E-state index >= 15 is 0 Å². The van der Waals surface area contributed by atoms with E-state index in [0.29, 0.717) is 4.88 Å². The predicted octanol–water partition coefficient (Wildman–Crippen LogP) is 1.93. The SMILES string of the molecule is Cc1ccc(C(=O)N2C[C@H](O)[C@@H](O)C2C(=O)NC(C)(C)CC(C)(C)C)s1. The maximum Gasteiger partial charge on any atom is 0.264 e. The molecule has 0 aromatic carbocycles. The van der Waals surface area contributed by atoms with Gasteiger partial charge in [-0.3, -0.25) is 9.59 Å². The Kier molecular flexibility index (Phi) is 5.85. The molecule has 1 fully saturated rings. The van der Waals surface area contributed by atoms with Crippen molar-refractivity contribution in [1.82, 2.24) is 10.2 Å². The molecule has 1 saturated heterocycles. The van der Waals surface area contributed by atoms with E-state index in [1.165, 1.54) is 16.2 Å². The molecule has 1 unspecified atom stereocenters. The van der Waals surface area contributed by atoms with E-state index < -0.39 is 29.7 Å². The van der Waals surface area contributed by atoms with Crippen molar-refractivity contribution in [3.05, 3.63) is 21.9 Å². The number of nitrogens with one attached hydrogen (secondary N) is 1. The number of aliphatic hydroxyl groups excluding tert-OH is 2. The van der Waals surface area contributed by atoms with Crippen LogP contribution in [0.2, 0.25) is 0 Å². The maximum absolute atomic E-state index is 12.9. The highest BCUT2D eigenvalue weighted by molar-refractivity contribution is 7.13. The first kappa shape index (κ1) is 20.9. The van der Waals surface area contributed by atoms with E-state index in [9.17, 15) is 19.8 Å². The third kappa shape index (κ3) is 4.84. The molecule has 1 aromatic rings. The highest BCUT2D eigenvalue weighted by Crippen LogP contribution is 2.29. The molecule has 6 nitrogen and oxygen atoms in total. The summed E-state index contributed by atoms with van der Waals surface area (Å²) in [5, 5.41) is 23.3. The zero-order valence-electron chi connectivity index (χ0n) is 16.4. The minimum atomic E-state index is -1.30. The Balaban J connectivity index is 2.20. The Morgan fingerprint density at radius 3 is 2.35 bits per heavy atom. The molecular weight excluding hydrogens is 352 g/mol. The monoisotopic (exact) mass is 382 g/mol. The lowest BCUT2D eigenvalue weighted by molar-refractivity contribution is -0.129. The number of aliphatic hydroxyl groups is 2. The number of β-amino-alcohol motifs (C(OH)–C–C–N with tert-alkyl or cyclic N) is 1. The van der Waals surface area contributed by atoms with Gasteiger partial charge in [0.05, 0.1) is 11.4 Å². The van der Waals surface area contributed by atoms with Crippen molar-refractivity contribution in [3.8, 4) is 0 Å². The Morgan fingerprint density at radius 1 is 1.23 bits per heavy atom. The van der Waals surface area contributed by atoms with E-state index in [1.807, 2.05) is 26.8 Å². The number of aryl methyl sites for hydroxylation is 1. The van der Waals surface area contributed by atoms with Crippen LogP contribution in [0.3, 0.4) is 0 Å². The van der Waals surface area contributed by atoms with E-state index in [0.717, 1.165) is 11.3 Å². The average molecular weight is 383 g/mol. The lowest BCUT2D eigenvalue weighted by Crippen LogP contribution is -2.56. The molecule has 0 saturated carbocycles. The molecule has 0 radical (unpaired) electrons. The third-order valence-corrected chi connectivity index (χ3v) is 5.34. The molecule has 1 aliphatic heterocycles. The summed E-state index contributed by atoms with van der Waals surface area (Å²) < 4.78 is 0. The number of hydrogen-bond acceptors (Lipinski definition) is 5. The van der Waals surface area contributed by atoms with Crippen LogP contribution in [-0.2, 0) is 4.79 Å². The van der Waals surface area contributed by atoms with Crippen molar-refractivity contribution in [1.29, 1.82) is 0 Å². The number of carbonyl (C=O) groups is 2. The summed E-state index contributed by atoms with van der Waals surface area (Å²) >= 11 is 1.33. The molecule has 0 bridgehead atoms. The molecule has 2 rings (SSSR count). The Morgan fingerprint density at radius 2 is 1.85 bits per heavy atom. The van der Waals surface area contributed by atoms with Gasteiger partial charge < -0.3 is 20.4 Å². The normalized spacial score (nSPS) is 24.0. The lowest BCUT2D eigenvalue weighted by atomic mass is 9.81. The van der Waals surface area contributed by atoms with Crippen LogP contribution in [0, 0.1) is 12.3 Å². The Bertz CT molecular complexity index is 677. The molecule has 146 valence electrons. The van der Waals surface area contributed by atoms with Gasteiger partial charge in [-0.15, -0.1) is 11.3 Å². The van der Waals surface area contributed by atoms with Gasteiger partial charge in [0.25, 0.3) is 5.91 Å². The summed E-state index contributed by atoms with van der Waals surface area (Å²) in [6.45, 7) is 11.9. The van der Waals surface area contributed by atoms with Crippen LogP contribution >= 0.6 is 11.3 Å². The quantitative estimate of drug-likeness (QED) is 0.742. The van der Waals surface area contributed by atoms with Crippen molar-refractivity contribution in [2.75, 3.05) is 6.54 Å². The van der Waals surface area contributed by atoms with Crippen LogP contribution in [0.25, 0.3) is 0 Å². The molecule has 26 heavy (non-hydrogen) atoms. The first-order valence-corrected chi connectivity index (χ1v) is 9.68.